The van der Waals surface area contributed by atoms with E-state index in [9.17, 15) is 4.79 Å². The monoisotopic (exact) mass is 400 g/mol. The van der Waals surface area contributed by atoms with Crippen molar-refractivity contribution in [3.63, 3.8) is 0 Å². The number of anilines is 1. The minimum atomic E-state index is -0.884. The number of fused-ring (bicyclic) bond motifs is 1. The average Bonchev–Trinajstić information content (AvgIpc) is 3.00. The molecule has 154 valence electrons. The Kier molecular flexibility index (Phi) is 6.45. The van der Waals surface area contributed by atoms with E-state index < -0.39 is 5.97 Å². The molecule has 0 aliphatic rings. The van der Waals surface area contributed by atoms with Gasteiger partial charge in [0.05, 0.1) is 26.2 Å². The van der Waals surface area contributed by atoms with Crippen LogP contribution in [-0.4, -0.2) is 50.4 Å². The summed E-state index contributed by atoms with van der Waals surface area (Å²) in [5, 5.41) is 9.03. The number of aliphatic carboxylic acids is 1. The molecular formula is C19H24N6O4. The Labute approximate surface area is 167 Å². The summed E-state index contributed by atoms with van der Waals surface area (Å²) in [5.41, 5.74) is 14.0. The zero-order chi connectivity index (χ0) is 20.8. The molecule has 0 spiro atoms. The van der Waals surface area contributed by atoms with E-state index >= 15 is 0 Å². The van der Waals surface area contributed by atoms with Gasteiger partial charge in [-0.3, -0.25) is 9.36 Å². The SMILES string of the molecule is CCOc1nc2c(N)nc(OCCCN)nc2n1Cc1cccc(CC(=O)O)c1. The third kappa shape index (κ3) is 4.91. The van der Waals surface area contributed by atoms with Crippen molar-refractivity contribution in [1.82, 2.24) is 19.5 Å². The Morgan fingerprint density at radius 1 is 1.21 bits per heavy atom. The molecule has 0 bridgehead atoms. The highest BCUT2D eigenvalue weighted by Gasteiger charge is 2.19. The van der Waals surface area contributed by atoms with E-state index in [4.69, 9.17) is 26.0 Å². The van der Waals surface area contributed by atoms with Crippen molar-refractivity contribution in [2.75, 3.05) is 25.5 Å². The Balaban J connectivity index is 2.00. The highest BCUT2D eigenvalue weighted by Crippen LogP contribution is 2.26. The zero-order valence-electron chi connectivity index (χ0n) is 16.2. The van der Waals surface area contributed by atoms with Crippen LogP contribution in [0.15, 0.2) is 24.3 Å². The number of nitrogen functional groups attached to an aromatic ring is 1. The van der Waals surface area contributed by atoms with Gasteiger partial charge in [-0.05, 0) is 31.0 Å². The Hall–Kier alpha value is -3.40. The van der Waals surface area contributed by atoms with Crippen molar-refractivity contribution in [3.05, 3.63) is 35.4 Å². The molecule has 0 aliphatic carbocycles. The summed E-state index contributed by atoms with van der Waals surface area (Å²) in [7, 11) is 0. The van der Waals surface area contributed by atoms with Gasteiger partial charge in [-0.25, -0.2) is 0 Å². The predicted octanol–water partition coefficient (Wildman–Crippen LogP) is 1.21. The van der Waals surface area contributed by atoms with Gasteiger partial charge in [-0.2, -0.15) is 15.0 Å². The number of nitrogens with zero attached hydrogens (tertiary/aromatic N) is 4. The van der Waals surface area contributed by atoms with E-state index in [0.29, 0.717) is 55.5 Å². The van der Waals surface area contributed by atoms with Gasteiger partial charge < -0.3 is 26.0 Å². The van der Waals surface area contributed by atoms with E-state index in [1.807, 2.05) is 25.1 Å². The van der Waals surface area contributed by atoms with Gasteiger partial charge in [0.2, 0.25) is 0 Å². The summed E-state index contributed by atoms with van der Waals surface area (Å²) in [6, 6.07) is 7.82. The van der Waals surface area contributed by atoms with Crippen LogP contribution in [0.3, 0.4) is 0 Å². The van der Waals surface area contributed by atoms with Gasteiger partial charge in [-0.1, -0.05) is 24.3 Å². The molecule has 0 radical (unpaired) electrons. The fourth-order valence-electron chi connectivity index (χ4n) is 2.87. The average molecular weight is 400 g/mol. The lowest BCUT2D eigenvalue weighted by molar-refractivity contribution is -0.136. The zero-order valence-corrected chi connectivity index (χ0v) is 16.2. The van der Waals surface area contributed by atoms with Crippen molar-refractivity contribution >= 4 is 23.0 Å². The molecule has 10 nitrogen and oxygen atoms in total. The number of aromatic nitrogens is 4. The van der Waals surface area contributed by atoms with E-state index in [-0.39, 0.29) is 18.2 Å². The molecule has 3 rings (SSSR count). The molecule has 29 heavy (non-hydrogen) atoms. The maximum absolute atomic E-state index is 11.0. The van der Waals surface area contributed by atoms with Crippen molar-refractivity contribution in [2.45, 2.75) is 26.3 Å². The van der Waals surface area contributed by atoms with E-state index in [1.165, 1.54) is 0 Å². The van der Waals surface area contributed by atoms with Crippen LogP contribution < -0.4 is 20.9 Å². The van der Waals surface area contributed by atoms with Crippen LogP contribution in [0, 0.1) is 0 Å². The fourth-order valence-corrected chi connectivity index (χ4v) is 2.87. The van der Waals surface area contributed by atoms with Crippen molar-refractivity contribution in [3.8, 4) is 12.0 Å². The third-order valence-corrected chi connectivity index (χ3v) is 4.11. The first-order chi connectivity index (χ1) is 14.0. The molecular weight excluding hydrogens is 376 g/mol. The second-order valence-corrected chi connectivity index (χ2v) is 6.36. The Morgan fingerprint density at radius 2 is 2.00 bits per heavy atom. The summed E-state index contributed by atoms with van der Waals surface area (Å²) in [4.78, 5) is 24.0. The standard InChI is InChI=1S/C19H24N6O4/c1-2-28-19-22-15-16(21)23-18(29-8-4-7-20)24-17(15)25(19)11-13-6-3-5-12(9-13)10-14(26)27/h3,5-6,9H,2,4,7-8,10-11,20H2,1H3,(H,26,27)(H2,21,23,24). The quantitative estimate of drug-likeness (QED) is 0.426. The second kappa shape index (κ2) is 9.20. The first-order valence-corrected chi connectivity index (χ1v) is 9.30. The van der Waals surface area contributed by atoms with Gasteiger partial charge in [0.25, 0.3) is 6.01 Å². The molecule has 0 atom stereocenters. The molecule has 3 aromatic rings. The highest BCUT2D eigenvalue weighted by molar-refractivity contribution is 5.83. The number of rotatable bonds is 10. The topological polar surface area (TPSA) is 151 Å². The minimum absolute atomic E-state index is 0.0505. The number of carboxylic acid groups (broad SMARTS) is 1. The summed E-state index contributed by atoms with van der Waals surface area (Å²) in [6.45, 7) is 3.52. The normalized spacial score (nSPS) is 11.0. The number of hydrogen-bond acceptors (Lipinski definition) is 8. The summed E-state index contributed by atoms with van der Waals surface area (Å²) in [6.07, 6.45) is 0.617. The molecule has 5 N–H and O–H groups in total. The second-order valence-electron chi connectivity index (χ2n) is 6.36. The van der Waals surface area contributed by atoms with Crippen molar-refractivity contribution in [2.24, 2.45) is 5.73 Å². The number of nitrogens with two attached hydrogens (primary N) is 2. The first kappa shape index (κ1) is 20.3. The molecule has 0 fully saturated rings. The Morgan fingerprint density at radius 3 is 2.72 bits per heavy atom. The molecule has 0 unspecified atom stereocenters. The van der Waals surface area contributed by atoms with Gasteiger partial charge in [0.15, 0.2) is 17.0 Å². The molecule has 1 aromatic carbocycles. The summed E-state index contributed by atoms with van der Waals surface area (Å²) >= 11 is 0. The lowest BCUT2D eigenvalue weighted by Crippen LogP contribution is -2.10. The van der Waals surface area contributed by atoms with Crippen LogP contribution in [0.25, 0.3) is 11.2 Å². The van der Waals surface area contributed by atoms with Gasteiger partial charge >= 0.3 is 12.0 Å². The van der Waals surface area contributed by atoms with Crippen molar-refractivity contribution in [1.29, 1.82) is 0 Å². The molecule has 0 aliphatic heterocycles. The molecule has 0 saturated carbocycles. The van der Waals surface area contributed by atoms with E-state index in [0.717, 1.165) is 5.56 Å². The summed E-state index contributed by atoms with van der Waals surface area (Å²) < 4.78 is 13.0. The van der Waals surface area contributed by atoms with Crippen LogP contribution in [0.1, 0.15) is 24.5 Å². The first-order valence-electron chi connectivity index (χ1n) is 9.30. The number of carboxylic acids is 1. The maximum atomic E-state index is 11.0. The lowest BCUT2D eigenvalue weighted by Gasteiger charge is -2.10. The van der Waals surface area contributed by atoms with Crippen LogP contribution in [0.5, 0.6) is 12.0 Å². The van der Waals surface area contributed by atoms with Crippen LogP contribution in [-0.2, 0) is 17.8 Å². The number of benzene rings is 1. The maximum Gasteiger partial charge on any atom is 0.320 e. The lowest BCUT2D eigenvalue weighted by atomic mass is 10.1. The van der Waals surface area contributed by atoms with Crippen LogP contribution in [0.4, 0.5) is 5.82 Å². The largest absolute Gasteiger partial charge is 0.481 e. The third-order valence-electron chi connectivity index (χ3n) is 4.11. The predicted molar refractivity (Wildman–Crippen MR) is 107 cm³/mol. The van der Waals surface area contributed by atoms with Crippen molar-refractivity contribution < 1.29 is 19.4 Å². The van der Waals surface area contributed by atoms with Crippen LogP contribution in [0.2, 0.25) is 0 Å². The van der Waals surface area contributed by atoms with Gasteiger partial charge in [0, 0.05) is 0 Å². The minimum Gasteiger partial charge on any atom is -0.481 e. The van der Waals surface area contributed by atoms with Gasteiger partial charge in [-0.15, -0.1) is 0 Å². The molecule has 0 amide bonds. The number of imidazole rings is 1. The highest BCUT2D eigenvalue weighted by atomic mass is 16.5. The number of hydrogen-bond donors (Lipinski definition) is 3. The smallest absolute Gasteiger partial charge is 0.320 e. The number of carbonyl (C=O) groups is 1. The Bertz CT molecular complexity index is 1000. The summed E-state index contributed by atoms with van der Waals surface area (Å²) in [5.74, 6) is -0.693. The van der Waals surface area contributed by atoms with Gasteiger partial charge in [0.1, 0.15) is 0 Å². The van der Waals surface area contributed by atoms with E-state index in [2.05, 4.69) is 15.0 Å². The van der Waals surface area contributed by atoms with E-state index in [1.54, 1.807) is 10.6 Å². The fraction of sp³-hybridized carbons (Fsp3) is 0.368. The van der Waals surface area contributed by atoms with Crippen LogP contribution >= 0.6 is 0 Å². The molecule has 10 heteroatoms. The molecule has 2 heterocycles. The molecule has 2 aromatic heterocycles. The number of ether oxygens (including phenoxy) is 2. The molecule has 0 saturated heterocycles.